The van der Waals surface area contributed by atoms with Gasteiger partial charge in [0, 0.05) is 0 Å². The molecule has 0 spiro atoms. The van der Waals surface area contributed by atoms with Gasteiger partial charge in [0.15, 0.2) is 0 Å². The van der Waals surface area contributed by atoms with Crippen molar-refractivity contribution in [3.05, 3.63) is 12.2 Å². The van der Waals surface area contributed by atoms with Crippen molar-refractivity contribution in [3.63, 3.8) is 0 Å². The Bertz CT molecular complexity index is 345. The van der Waals surface area contributed by atoms with Crippen LogP contribution in [0.1, 0.15) is 47.0 Å². The standard InChI is InChI=1S/C15H24O2/c1-5-17-13(16)12-10-15(11(2)3)8-6-14(12,4)7-9-15/h6,8,11-12H,5,7,9-10H2,1-4H3. The minimum absolute atomic E-state index is 0.00377. The van der Waals surface area contributed by atoms with Crippen LogP contribution in [0.4, 0.5) is 0 Å². The van der Waals surface area contributed by atoms with Crippen LogP contribution in [0.15, 0.2) is 12.2 Å². The SMILES string of the molecule is CCOC(=O)C1CC2(C(C)C)C=CC1(C)CC2. The maximum Gasteiger partial charge on any atom is 0.309 e. The van der Waals surface area contributed by atoms with Crippen molar-refractivity contribution in [1.82, 2.24) is 0 Å². The van der Waals surface area contributed by atoms with Gasteiger partial charge in [-0.05, 0) is 42.9 Å². The van der Waals surface area contributed by atoms with Crippen LogP contribution in [0, 0.1) is 22.7 Å². The lowest BCUT2D eigenvalue weighted by molar-refractivity contribution is -0.156. The summed E-state index contributed by atoms with van der Waals surface area (Å²) < 4.78 is 5.25. The molecule has 2 nitrogen and oxygen atoms in total. The van der Waals surface area contributed by atoms with Crippen molar-refractivity contribution < 1.29 is 9.53 Å². The predicted molar refractivity (Wildman–Crippen MR) is 68.5 cm³/mol. The van der Waals surface area contributed by atoms with Gasteiger partial charge in [-0.15, -0.1) is 0 Å². The number of carbonyl (C=O) groups excluding carboxylic acids is 1. The molecule has 0 saturated heterocycles. The van der Waals surface area contributed by atoms with Gasteiger partial charge >= 0.3 is 5.97 Å². The van der Waals surface area contributed by atoms with Gasteiger partial charge in [0.25, 0.3) is 0 Å². The lowest BCUT2D eigenvalue weighted by atomic mass is 9.51. The highest BCUT2D eigenvalue weighted by Gasteiger charge is 2.52. The fourth-order valence-electron chi connectivity index (χ4n) is 3.41. The molecule has 3 aliphatic rings. The molecule has 0 radical (unpaired) electrons. The average Bonchev–Trinajstić information content (AvgIpc) is 2.29. The third-order valence-electron chi connectivity index (χ3n) is 5.03. The van der Waals surface area contributed by atoms with E-state index in [1.807, 2.05) is 6.92 Å². The number of hydrogen-bond acceptors (Lipinski definition) is 2. The molecule has 0 heterocycles. The molecule has 3 unspecified atom stereocenters. The maximum atomic E-state index is 12.1. The van der Waals surface area contributed by atoms with Crippen LogP contribution >= 0.6 is 0 Å². The molecule has 0 N–H and O–H groups in total. The lowest BCUT2D eigenvalue weighted by Crippen LogP contribution is -2.48. The van der Waals surface area contributed by atoms with Gasteiger partial charge in [-0.3, -0.25) is 4.79 Å². The molecule has 2 heteroatoms. The number of rotatable bonds is 3. The van der Waals surface area contributed by atoms with Crippen LogP contribution in [0.5, 0.6) is 0 Å². The van der Waals surface area contributed by atoms with Crippen LogP contribution in [0.25, 0.3) is 0 Å². The Labute approximate surface area is 104 Å². The fraction of sp³-hybridized carbons (Fsp3) is 0.800. The number of fused-ring (bicyclic) bond motifs is 2. The first kappa shape index (κ1) is 12.7. The van der Waals surface area contributed by atoms with E-state index in [-0.39, 0.29) is 22.7 Å². The van der Waals surface area contributed by atoms with E-state index in [4.69, 9.17) is 4.74 Å². The molecule has 96 valence electrons. The van der Waals surface area contributed by atoms with E-state index in [0.29, 0.717) is 12.5 Å². The molecule has 3 rings (SSSR count). The summed E-state index contributed by atoms with van der Waals surface area (Å²) in [5.41, 5.74) is 0.262. The summed E-state index contributed by atoms with van der Waals surface area (Å²) >= 11 is 0. The molecule has 1 fully saturated rings. The minimum Gasteiger partial charge on any atom is -0.466 e. The van der Waals surface area contributed by atoms with E-state index in [9.17, 15) is 4.79 Å². The molecule has 3 aliphatic carbocycles. The molecule has 2 bridgehead atoms. The highest BCUT2D eigenvalue weighted by molar-refractivity contribution is 5.74. The highest BCUT2D eigenvalue weighted by atomic mass is 16.5. The van der Waals surface area contributed by atoms with Gasteiger partial charge in [0.05, 0.1) is 12.5 Å². The van der Waals surface area contributed by atoms with E-state index in [0.717, 1.165) is 12.8 Å². The summed E-state index contributed by atoms with van der Waals surface area (Å²) in [4.78, 5) is 12.1. The predicted octanol–water partition coefficient (Wildman–Crippen LogP) is 3.57. The Morgan fingerprint density at radius 2 is 2.12 bits per heavy atom. The molecule has 0 aromatic carbocycles. The zero-order valence-electron chi connectivity index (χ0n) is 11.5. The van der Waals surface area contributed by atoms with E-state index >= 15 is 0 Å². The molecule has 17 heavy (non-hydrogen) atoms. The van der Waals surface area contributed by atoms with Crippen LogP contribution in [0.3, 0.4) is 0 Å². The average molecular weight is 236 g/mol. The van der Waals surface area contributed by atoms with Crippen LogP contribution < -0.4 is 0 Å². The lowest BCUT2D eigenvalue weighted by Gasteiger charge is -2.53. The first-order valence-corrected chi connectivity index (χ1v) is 6.80. The van der Waals surface area contributed by atoms with Crippen LogP contribution in [-0.4, -0.2) is 12.6 Å². The maximum absolute atomic E-state index is 12.1. The smallest absolute Gasteiger partial charge is 0.309 e. The minimum atomic E-state index is 0.00377. The quantitative estimate of drug-likeness (QED) is 0.553. The summed E-state index contributed by atoms with van der Waals surface area (Å²) in [6, 6.07) is 0. The van der Waals surface area contributed by atoms with E-state index in [1.165, 1.54) is 6.42 Å². The molecule has 0 aromatic rings. The van der Waals surface area contributed by atoms with Crippen molar-refractivity contribution in [1.29, 1.82) is 0 Å². The highest BCUT2D eigenvalue weighted by Crippen LogP contribution is 2.58. The van der Waals surface area contributed by atoms with Gasteiger partial charge in [-0.1, -0.05) is 32.9 Å². The van der Waals surface area contributed by atoms with Crippen molar-refractivity contribution in [3.8, 4) is 0 Å². The van der Waals surface area contributed by atoms with Gasteiger partial charge in [-0.2, -0.15) is 0 Å². The van der Waals surface area contributed by atoms with E-state index in [1.54, 1.807) is 0 Å². The molecular formula is C15H24O2. The number of ether oxygens (including phenoxy) is 1. The molecule has 3 atom stereocenters. The Kier molecular flexibility index (Phi) is 3.09. The second-order valence-electron chi connectivity index (χ2n) is 6.24. The van der Waals surface area contributed by atoms with Gasteiger partial charge in [-0.25, -0.2) is 0 Å². The summed E-state index contributed by atoms with van der Waals surface area (Å²) in [6.07, 6.45) is 7.95. The molecule has 1 saturated carbocycles. The van der Waals surface area contributed by atoms with Gasteiger partial charge in [0.2, 0.25) is 0 Å². The largest absolute Gasteiger partial charge is 0.466 e. The summed E-state index contributed by atoms with van der Waals surface area (Å²) in [6.45, 7) is 9.11. The molecule has 0 amide bonds. The number of esters is 1. The zero-order chi connectivity index (χ0) is 12.7. The van der Waals surface area contributed by atoms with Gasteiger partial charge < -0.3 is 4.74 Å². The van der Waals surface area contributed by atoms with Crippen molar-refractivity contribution in [2.24, 2.45) is 22.7 Å². The number of carbonyl (C=O) groups is 1. The van der Waals surface area contributed by atoms with Crippen molar-refractivity contribution in [2.45, 2.75) is 47.0 Å². The Morgan fingerprint density at radius 1 is 1.41 bits per heavy atom. The second kappa shape index (κ2) is 4.15. The normalized spacial score (nSPS) is 39.7. The molecule has 0 aromatic heterocycles. The Morgan fingerprint density at radius 3 is 2.59 bits per heavy atom. The van der Waals surface area contributed by atoms with Crippen LogP contribution in [0.2, 0.25) is 0 Å². The first-order chi connectivity index (χ1) is 7.93. The summed E-state index contributed by atoms with van der Waals surface area (Å²) in [5, 5.41) is 0. The van der Waals surface area contributed by atoms with Crippen LogP contribution in [-0.2, 0) is 9.53 Å². The third kappa shape index (κ3) is 1.92. The van der Waals surface area contributed by atoms with E-state index in [2.05, 4.69) is 32.9 Å². The Balaban J connectivity index is 2.27. The van der Waals surface area contributed by atoms with Crippen molar-refractivity contribution in [2.75, 3.05) is 6.61 Å². The van der Waals surface area contributed by atoms with E-state index < -0.39 is 0 Å². The monoisotopic (exact) mass is 236 g/mol. The van der Waals surface area contributed by atoms with Crippen molar-refractivity contribution >= 4 is 5.97 Å². The zero-order valence-corrected chi connectivity index (χ0v) is 11.5. The number of hydrogen-bond donors (Lipinski definition) is 0. The Hall–Kier alpha value is -0.790. The topological polar surface area (TPSA) is 26.3 Å². The second-order valence-corrected chi connectivity index (χ2v) is 6.24. The summed E-state index contributed by atoms with van der Waals surface area (Å²) in [7, 11) is 0. The summed E-state index contributed by atoms with van der Waals surface area (Å²) in [5.74, 6) is 0.660. The third-order valence-corrected chi connectivity index (χ3v) is 5.03. The molecule has 0 aliphatic heterocycles. The fourth-order valence-corrected chi connectivity index (χ4v) is 3.41. The first-order valence-electron chi connectivity index (χ1n) is 6.80. The molecular weight excluding hydrogens is 212 g/mol. The number of allylic oxidation sites excluding steroid dienone is 2. The van der Waals surface area contributed by atoms with Gasteiger partial charge in [0.1, 0.15) is 0 Å².